The molecule has 1 aliphatic heterocycles. The van der Waals surface area contributed by atoms with Gasteiger partial charge in [-0.25, -0.2) is 13.2 Å². The van der Waals surface area contributed by atoms with Crippen molar-refractivity contribution in [2.24, 2.45) is 5.73 Å². The Morgan fingerprint density at radius 1 is 1.15 bits per heavy atom. The third-order valence-corrected chi connectivity index (χ3v) is 3.10. The van der Waals surface area contributed by atoms with Crippen LogP contribution in [0.3, 0.4) is 0 Å². The lowest BCUT2D eigenvalue weighted by Crippen LogP contribution is -2.54. The van der Waals surface area contributed by atoms with Gasteiger partial charge in [-0.1, -0.05) is 0 Å². The van der Waals surface area contributed by atoms with E-state index in [9.17, 15) is 18.0 Å². The summed E-state index contributed by atoms with van der Waals surface area (Å²) in [5.41, 5.74) is 4.27. The molecule has 0 radical (unpaired) electrons. The molecule has 0 aromatic heterocycles. The van der Waals surface area contributed by atoms with E-state index in [1.807, 2.05) is 0 Å². The van der Waals surface area contributed by atoms with Gasteiger partial charge in [0.15, 0.2) is 11.6 Å². The Balaban J connectivity index is 0.00000200. The van der Waals surface area contributed by atoms with Crippen molar-refractivity contribution in [2.45, 2.75) is 18.4 Å². The molecular weight excluding hydrogens is 297 g/mol. The van der Waals surface area contributed by atoms with Crippen molar-refractivity contribution < 1.29 is 22.7 Å². The first kappa shape index (κ1) is 16.7. The van der Waals surface area contributed by atoms with E-state index in [4.69, 9.17) is 10.5 Å². The number of nitrogens with one attached hydrogen (secondary N) is 1. The summed E-state index contributed by atoms with van der Waals surface area (Å²) < 4.78 is 44.2. The summed E-state index contributed by atoms with van der Waals surface area (Å²) in [7, 11) is 0. The van der Waals surface area contributed by atoms with Crippen molar-refractivity contribution in [1.29, 1.82) is 0 Å². The predicted octanol–water partition coefficient (Wildman–Crippen LogP) is 1.97. The summed E-state index contributed by atoms with van der Waals surface area (Å²) in [6, 6.07) is 0.962. The van der Waals surface area contributed by atoms with Gasteiger partial charge in [-0.15, -0.1) is 12.4 Å². The van der Waals surface area contributed by atoms with Gasteiger partial charge in [-0.3, -0.25) is 4.79 Å². The van der Waals surface area contributed by atoms with Crippen LogP contribution in [0.1, 0.15) is 12.8 Å². The van der Waals surface area contributed by atoms with Gasteiger partial charge in [0.25, 0.3) is 0 Å². The van der Waals surface area contributed by atoms with Crippen molar-refractivity contribution in [3.8, 4) is 0 Å². The Hall–Kier alpha value is -1.31. The molecule has 0 unspecified atom stereocenters. The molecular formula is C12H14ClF3N2O2. The van der Waals surface area contributed by atoms with E-state index in [1.165, 1.54) is 0 Å². The summed E-state index contributed by atoms with van der Waals surface area (Å²) >= 11 is 0. The number of hydrogen-bond donors (Lipinski definition) is 2. The highest BCUT2D eigenvalue weighted by Gasteiger charge is 2.36. The highest BCUT2D eigenvalue weighted by Crippen LogP contribution is 2.23. The third-order valence-electron chi connectivity index (χ3n) is 3.10. The van der Waals surface area contributed by atoms with Gasteiger partial charge < -0.3 is 15.8 Å². The lowest BCUT2D eigenvalue weighted by atomic mass is 9.90. The zero-order valence-electron chi connectivity index (χ0n) is 10.4. The molecule has 112 valence electrons. The molecule has 1 aromatic carbocycles. The van der Waals surface area contributed by atoms with Gasteiger partial charge >= 0.3 is 0 Å². The largest absolute Gasteiger partial charge is 0.381 e. The van der Waals surface area contributed by atoms with E-state index < -0.39 is 34.6 Å². The van der Waals surface area contributed by atoms with Crippen LogP contribution in [0.25, 0.3) is 0 Å². The number of rotatable bonds is 2. The van der Waals surface area contributed by atoms with Crippen LogP contribution in [0.15, 0.2) is 12.1 Å². The minimum absolute atomic E-state index is 0. The van der Waals surface area contributed by atoms with Crippen LogP contribution in [0, 0.1) is 17.5 Å². The monoisotopic (exact) mass is 310 g/mol. The fourth-order valence-corrected chi connectivity index (χ4v) is 1.83. The van der Waals surface area contributed by atoms with E-state index in [2.05, 4.69) is 5.32 Å². The van der Waals surface area contributed by atoms with Crippen LogP contribution in [-0.2, 0) is 9.53 Å². The first-order valence-corrected chi connectivity index (χ1v) is 5.75. The second-order valence-electron chi connectivity index (χ2n) is 4.47. The number of amides is 1. The lowest BCUT2D eigenvalue weighted by Gasteiger charge is -2.31. The molecule has 0 saturated carbocycles. The van der Waals surface area contributed by atoms with Gasteiger partial charge in [-0.05, 0) is 12.8 Å². The molecule has 1 saturated heterocycles. The number of anilines is 1. The van der Waals surface area contributed by atoms with E-state index in [0.29, 0.717) is 25.3 Å². The minimum atomic E-state index is -1.32. The molecule has 0 atom stereocenters. The fourth-order valence-electron chi connectivity index (χ4n) is 1.83. The normalized spacial score (nSPS) is 17.2. The molecule has 0 aliphatic carbocycles. The van der Waals surface area contributed by atoms with Gasteiger partial charge in [0.05, 0.1) is 5.69 Å². The van der Waals surface area contributed by atoms with Crippen LogP contribution in [0.4, 0.5) is 18.9 Å². The zero-order valence-corrected chi connectivity index (χ0v) is 11.2. The second kappa shape index (κ2) is 6.43. The summed E-state index contributed by atoms with van der Waals surface area (Å²) in [4.78, 5) is 12.0. The van der Waals surface area contributed by atoms with Crippen LogP contribution in [0.2, 0.25) is 0 Å². The maximum absolute atomic E-state index is 13.4. The Labute approximate surface area is 119 Å². The number of benzene rings is 1. The molecule has 0 bridgehead atoms. The standard InChI is InChI=1S/C12H13F3N2O2.ClH/c13-7-5-9(15)10(6-8(7)14)17-11(18)12(16)1-3-19-4-2-12;/h5-6H,1-4,16H2,(H,17,18);1H. The average molecular weight is 311 g/mol. The molecule has 0 spiro atoms. The minimum Gasteiger partial charge on any atom is -0.381 e. The van der Waals surface area contributed by atoms with Gasteiger partial charge in [0.1, 0.15) is 11.4 Å². The van der Waals surface area contributed by atoms with E-state index in [0.717, 1.165) is 0 Å². The Morgan fingerprint density at radius 3 is 2.30 bits per heavy atom. The molecule has 1 fully saturated rings. The Bertz CT molecular complexity index is 508. The maximum Gasteiger partial charge on any atom is 0.244 e. The number of halogens is 4. The van der Waals surface area contributed by atoms with E-state index in [-0.39, 0.29) is 25.2 Å². The highest BCUT2D eigenvalue weighted by molar-refractivity contribution is 5.98. The Morgan fingerprint density at radius 2 is 1.70 bits per heavy atom. The fraction of sp³-hybridized carbons (Fsp3) is 0.417. The molecule has 1 heterocycles. The summed E-state index contributed by atoms with van der Waals surface area (Å²) in [6.45, 7) is 0.647. The number of ether oxygens (including phenoxy) is 1. The lowest BCUT2D eigenvalue weighted by molar-refractivity contribution is -0.124. The van der Waals surface area contributed by atoms with Crippen molar-refractivity contribution in [3.63, 3.8) is 0 Å². The number of hydrogen-bond acceptors (Lipinski definition) is 3. The molecule has 8 heteroatoms. The predicted molar refractivity (Wildman–Crippen MR) is 69.2 cm³/mol. The van der Waals surface area contributed by atoms with Crippen LogP contribution < -0.4 is 11.1 Å². The summed E-state index contributed by atoms with van der Waals surface area (Å²) in [5, 5.41) is 2.19. The average Bonchev–Trinajstić information content (AvgIpc) is 2.36. The van der Waals surface area contributed by atoms with Gasteiger partial charge in [0.2, 0.25) is 5.91 Å². The number of carbonyl (C=O) groups is 1. The molecule has 1 aliphatic rings. The highest BCUT2D eigenvalue weighted by atomic mass is 35.5. The van der Waals surface area contributed by atoms with Crippen LogP contribution >= 0.6 is 12.4 Å². The van der Waals surface area contributed by atoms with Crippen LogP contribution in [0.5, 0.6) is 0 Å². The van der Waals surface area contributed by atoms with Crippen molar-refractivity contribution in [3.05, 3.63) is 29.6 Å². The van der Waals surface area contributed by atoms with Crippen LogP contribution in [-0.4, -0.2) is 24.7 Å². The molecule has 3 N–H and O–H groups in total. The second-order valence-corrected chi connectivity index (χ2v) is 4.47. The smallest absolute Gasteiger partial charge is 0.244 e. The summed E-state index contributed by atoms with van der Waals surface area (Å²) in [6.07, 6.45) is 0.564. The Kier molecular flexibility index (Phi) is 5.38. The molecule has 4 nitrogen and oxygen atoms in total. The quantitative estimate of drug-likeness (QED) is 0.821. The molecule has 1 aromatic rings. The van der Waals surface area contributed by atoms with E-state index in [1.54, 1.807) is 0 Å². The first-order chi connectivity index (χ1) is 8.92. The number of nitrogens with two attached hydrogens (primary N) is 1. The molecule has 20 heavy (non-hydrogen) atoms. The SMILES string of the molecule is Cl.NC1(C(=O)Nc2cc(F)c(F)cc2F)CCOCC1. The maximum atomic E-state index is 13.4. The zero-order chi connectivity index (χ0) is 14.0. The van der Waals surface area contributed by atoms with Crippen molar-refractivity contribution >= 4 is 24.0 Å². The third kappa shape index (κ3) is 3.41. The molecule has 2 rings (SSSR count). The van der Waals surface area contributed by atoms with Gasteiger partial charge in [-0.2, -0.15) is 0 Å². The topological polar surface area (TPSA) is 64.4 Å². The van der Waals surface area contributed by atoms with Crippen molar-refractivity contribution in [1.82, 2.24) is 0 Å². The van der Waals surface area contributed by atoms with E-state index >= 15 is 0 Å². The molecule has 1 amide bonds. The first-order valence-electron chi connectivity index (χ1n) is 5.75. The van der Waals surface area contributed by atoms with Crippen molar-refractivity contribution in [2.75, 3.05) is 18.5 Å². The van der Waals surface area contributed by atoms with Gasteiger partial charge in [0, 0.05) is 25.3 Å². The summed E-state index contributed by atoms with van der Waals surface area (Å²) in [5.74, 6) is -4.25. The number of carbonyl (C=O) groups excluding carboxylic acids is 1.